The molecule has 0 fully saturated rings. The lowest BCUT2D eigenvalue weighted by molar-refractivity contribution is 0.750. The predicted molar refractivity (Wildman–Crippen MR) is 57.6 cm³/mol. The molecule has 2 aromatic heterocycles. The number of aryl methyl sites for hydroxylation is 1. The van der Waals surface area contributed by atoms with Crippen LogP contribution in [0.15, 0.2) is 10.8 Å². The molecule has 0 aliphatic rings. The van der Waals surface area contributed by atoms with Crippen LogP contribution in [0, 0.1) is 6.92 Å². The fourth-order valence-corrected chi connectivity index (χ4v) is 1.66. The number of anilines is 1. The molecule has 0 aliphatic heterocycles. The Bertz CT molecular complexity index is 426. The van der Waals surface area contributed by atoms with E-state index in [1.807, 2.05) is 14.0 Å². The van der Waals surface area contributed by atoms with Crippen LogP contribution in [0.3, 0.4) is 0 Å². The summed E-state index contributed by atoms with van der Waals surface area (Å²) in [6.07, 6.45) is 1.77. The number of hydrogen-bond acceptors (Lipinski definition) is 3. The molecule has 0 spiro atoms. The number of hydrogen-bond donors (Lipinski definition) is 2. The van der Waals surface area contributed by atoms with E-state index in [4.69, 9.17) is 5.73 Å². The van der Waals surface area contributed by atoms with Gasteiger partial charge in [0.05, 0.1) is 17.5 Å². The highest BCUT2D eigenvalue weighted by Gasteiger charge is 2.13. The summed E-state index contributed by atoms with van der Waals surface area (Å²) in [5.41, 5.74) is 8.47. The molecule has 0 amide bonds. The first-order chi connectivity index (χ1) is 6.61. The van der Waals surface area contributed by atoms with Gasteiger partial charge in [0, 0.05) is 12.6 Å². The van der Waals surface area contributed by atoms with E-state index in [1.54, 1.807) is 10.9 Å². The summed E-state index contributed by atoms with van der Waals surface area (Å²) in [6.45, 7) is 1.92. The summed E-state index contributed by atoms with van der Waals surface area (Å²) < 4.78 is 2.65. The maximum Gasteiger partial charge on any atom is 0.148 e. The highest BCUT2D eigenvalue weighted by molar-refractivity contribution is 9.10. The predicted octanol–water partition coefficient (Wildman–Crippen LogP) is 1.46. The summed E-state index contributed by atoms with van der Waals surface area (Å²) in [5.74, 6) is 0.524. The number of aromatic amines is 1. The molecule has 0 saturated heterocycles. The summed E-state index contributed by atoms with van der Waals surface area (Å²) in [5, 5.41) is 10.9. The highest BCUT2D eigenvalue weighted by Crippen LogP contribution is 2.29. The minimum Gasteiger partial charge on any atom is -0.382 e. The van der Waals surface area contributed by atoms with Crippen LogP contribution in [-0.2, 0) is 7.05 Å². The molecule has 0 saturated carbocycles. The molecule has 6 heteroatoms. The Kier molecular flexibility index (Phi) is 2.07. The first kappa shape index (κ1) is 9.26. The minimum atomic E-state index is 0.524. The van der Waals surface area contributed by atoms with E-state index < -0.39 is 0 Å². The van der Waals surface area contributed by atoms with Gasteiger partial charge in [0.1, 0.15) is 10.4 Å². The lowest BCUT2D eigenvalue weighted by atomic mass is 10.2. The monoisotopic (exact) mass is 255 g/mol. The van der Waals surface area contributed by atoms with Crippen molar-refractivity contribution in [1.82, 2.24) is 20.0 Å². The van der Waals surface area contributed by atoms with Crippen LogP contribution < -0.4 is 5.73 Å². The molecule has 0 radical (unpaired) electrons. The Hall–Kier alpha value is -1.30. The van der Waals surface area contributed by atoms with Crippen LogP contribution in [0.25, 0.3) is 11.3 Å². The third-order valence-electron chi connectivity index (χ3n) is 2.18. The van der Waals surface area contributed by atoms with E-state index in [2.05, 4.69) is 31.2 Å². The summed E-state index contributed by atoms with van der Waals surface area (Å²) in [7, 11) is 1.86. The fraction of sp³-hybridized carbons (Fsp3) is 0.250. The van der Waals surface area contributed by atoms with Crippen molar-refractivity contribution < 1.29 is 0 Å². The number of nitrogen functional groups attached to an aromatic ring is 1. The summed E-state index contributed by atoms with van der Waals surface area (Å²) >= 11 is 3.44. The van der Waals surface area contributed by atoms with Crippen molar-refractivity contribution in [2.45, 2.75) is 6.92 Å². The first-order valence-electron chi connectivity index (χ1n) is 4.09. The third kappa shape index (κ3) is 1.22. The standard InChI is InChI=1S/C8H10BrN5/c1-4-6(12-13-8(4)10)5-3-11-14(2)7(5)9/h3H,1-2H3,(H3,10,12,13). The van der Waals surface area contributed by atoms with Crippen molar-refractivity contribution in [3.8, 4) is 11.3 Å². The molecule has 0 unspecified atom stereocenters. The lowest BCUT2D eigenvalue weighted by Crippen LogP contribution is -1.89. The SMILES string of the molecule is Cc1c(N)n[nH]c1-c1cnn(C)c1Br. The molecule has 5 nitrogen and oxygen atoms in total. The zero-order chi connectivity index (χ0) is 10.3. The molecule has 3 N–H and O–H groups in total. The lowest BCUT2D eigenvalue weighted by Gasteiger charge is -1.97. The van der Waals surface area contributed by atoms with Crippen LogP contribution in [0.4, 0.5) is 5.82 Å². The Morgan fingerprint density at radius 3 is 2.71 bits per heavy atom. The second-order valence-corrected chi connectivity index (χ2v) is 3.83. The van der Waals surface area contributed by atoms with Gasteiger partial charge in [-0.1, -0.05) is 0 Å². The molecule has 2 aromatic rings. The maximum absolute atomic E-state index is 5.65. The van der Waals surface area contributed by atoms with Gasteiger partial charge >= 0.3 is 0 Å². The Morgan fingerprint density at radius 1 is 1.57 bits per heavy atom. The number of aromatic nitrogens is 4. The second-order valence-electron chi connectivity index (χ2n) is 3.08. The second kappa shape index (κ2) is 3.13. The minimum absolute atomic E-state index is 0.524. The van der Waals surface area contributed by atoms with Gasteiger partial charge in [0.15, 0.2) is 0 Å². The molecule has 14 heavy (non-hydrogen) atoms. The normalized spacial score (nSPS) is 10.8. The summed E-state index contributed by atoms with van der Waals surface area (Å²) in [4.78, 5) is 0. The molecular formula is C8H10BrN5. The van der Waals surface area contributed by atoms with Crippen LogP contribution in [0.2, 0.25) is 0 Å². The Morgan fingerprint density at radius 2 is 2.29 bits per heavy atom. The number of H-pyrrole nitrogens is 1. The van der Waals surface area contributed by atoms with Crippen molar-refractivity contribution in [2.24, 2.45) is 7.05 Å². The molecule has 0 aliphatic carbocycles. The van der Waals surface area contributed by atoms with E-state index in [0.29, 0.717) is 5.82 Å². The van der Waals surface area contributed by atoms with E-state index in [-0.39, 0.29) is 0 Å². The third-order valence-corrected chi connectivity index (χ3v) is 3.12. The number of rotatable bonds is 1. The molecule has 0 bridgehead atoms. The van der Waals surface area contributed by atoms with E-state index >= 15 is 0 Å². The molecule has 0 atom stereocenters. The molecule has 74 valence electrons. The van der Waals surface area contributed by atoms with Crippen molar-refractivity contribution in [3.63, 3.8) is 0 Å². The topological polar surface area (TPSA) is 72.5 Å². The number of nitrogens with one attached hydrogen (secondary N) is 1. The highest BCUT2D eigenvalue weighted by atomic mass is 79.9. The molecule has 0 aromatic carbocycles. The van der Waals surface area contributed by atoms with Crippen LogP contribution in [0.5, 0.6) is 0 Å². The van der Waals surface area contributed by atoms with Crippen LogP contribution in [0.1, 0.15) is 5.56 Å². The van der Waals surface area contributed by atoms with Gasteiger partial charge in [-0.15, -0.1) is 0 Å². The van der Waals surface area contributed by atoms with Gasteiger partial charge in [-0.2, -0.15) is 10.2 Å². The average molecular weight is 256 g/mol. The van der Waals surface area contributed by atoms with Gasteiger partial charge in [-0.3, -0.25) is 9.78 Å². The Labute approximate surface area is 89.4 Å². The van der Waals surface area contributed by atoms with Crippen LogP contribution >= 0.6 is 15.9 Å². The van der Waals surface area contributed by atoms with Crippen molar-refractivity contribution in [2.75, 3.05) is 5.73 Å². The number of nitrogens with zero attached hydrogens (tertiary/aromatic N) is 3. The maximum atomic E-state index is 5.65. The van der Waals surface area contributed by atoms with Gasteiger partial charge in [0.2, 0.25) is 0 Å². The largest absolute Gasteiger partial charge is 0.382 e. The van der Waals surface area contributed by atoms with Gasteiger partial charge in [-0.25, -0.2) is 0 Å². The molecule has 2 heterocycles. The van der Waals surface area contributed by atoms with E-state index in [0.717, 1.165) is 21.4 Å². The smallest absolute Gasteiger partial charge is 0.148 e. The number of nitrogens with two attached hydrogens (primary N) is 1. The van der Waals surface area contributed by atoms with Gasteiger partial charge in [0.25, 0.3) is 0 Å². The molecular weight excluding hydrogens is 246 g/mol. The average Bonchev–Trinajstić information content (AvgIpc) is 2.63. The van der Waals surface area contributed by atoms with Gasteiger partial charge < -0.3 is 5.73 Å². The zero-order valence-electron chi connectivity index (χ0n) is 7.87. The Balaban J connectivity index is 2.60. The number of halogens is 1. The zero-order valence-corrected chi connectivity index (χ0v) is 9.46. The van der Waals surface area contributed by atoms with Gasteiger partial charge in [-0.05, 0) is 22.9 Å². The fourth-order valence-electron chi connectivity index (χ4n) is 1.26. The van der Waals surface area contributed by atoms with Crippen molar-refractivity contribution >= 4 is 21.7 Å². The van der Waals surface area contributed by atoms with Crippen molar-refractivity contribution in [1.29, 1.82) is 0 Å². The van der Waals surface area contributed by atoms with E-state index in [1.165, 1.54) is 0 Å². The molecule has 2 rings (SSSR count). The summed E-state index contributed by atoms with van der Waals surface area (Å²) in [6, 6.07) is 0. The first-order valence-corrected chi connectivity index (χ1v) is 4.89. The van der Waals surface area contributed by atoms with E-state index in [9.17, 15) is 0 Å². The van der Waals surface area contributed by atoms with Crippen molar-refractivity contribution in [3.05, 3.63) is 16.4 Å². The van der Waals surface area contributed by atoms with Crippen LogP contribution in [-0.4, -0.2) is 20.0 Å². The quantitative estimate of drug-likeness (QED) is 0.811.